The van der Waals surface area contributed by atoms with Crippen molar-refractivity contribution in [1.29, 1.82) is 0 Å². The molecule has 32 heavy (non-hydrogen) atoms. The molecule has 1 heterocycles. The molecule has 6 heteroatoms. The SMILES string of the molecule is CC(C)(C)[Si](C)(C)O[C@H]1C=CC(O)(c2ccc3c(c2)OCO3)[C@@H](OCc2ccccc2)C1. The molecule has 0 fully saturated rings. The topological polar surface area (TPSA) is 57.2 Å². The minimum Gasteiger partial charge on any atom is -0.454 e. The molecule has 0 saturated heterocycles. The van der Waals surface area contributed by atoms with E-state index < -0.39 is 20.0 Å². The van der Waals surface area contributed by atoms with Crippen molar-refractivity contribution in [3.63, 3.8) is 0 Å². The highest BCUT2D eigenvalue weighted by Crippen LogP contribution is 2.43. The highest BCUT2D eigenvalue weighted by atomic mass is 28.4. The smallest absolute Gasteiger partial charge is 0.231 e. The Morgan fingerprint density at radius 1 is 1.06 bits per heavy atom. The van der Waals surface area contributed by atoms with Crippen molar-refractivity contribution in [2.24, 2.45) is 0 Å². The van der Waals surface area contributed by atoms with Crippen LogP contribution in [0, 0.1) is 0 Å². The number of aliphatic hydroxyl groups is 1. The summed E-state index contributed by atoms with van der Waals surface area (Å²) < 4.78 is 24.0. The summed E-state index contributed by atoms with van der Waals surface area (Å²) in [6.07, 6.45) is 3.82. The van der Waals surface area contributed by atoms with Crippen LogP contribution < -0.4 is 9.47 Å². The standard InChI is InChI=1S/C26H34O5Si/c1-25(2,3)32(4,5)31-21-13-14-26(27,20-11-12-22-23(15-20)30-18-29-22)24(16-21)28-17-19-9-7-6-8-10-19/h6-15,21,24,27H,16-18H2,1-5H3/t21-,24-,26?/m0/s1. The molecule has 0 aromatic heterocycles. The first-order chi connectivity index (χ1) is 15.1. The summed E-state index contributed by atoms with van der Waals surface area (Å²) in [6, 6.07) is 15.6. The molecule has 0 radical (unpaired) electrons. The molecule has 1 aliphatic heterocycles. The van der Waals surface area contributed by atoms with E-state index in [1.54, 1.807) is 0 Å². The summed E-state index contributed by atoms with van der Waals surface area (Å²) in [4.78, 5) is 0. The van der Waals surface area contributed by atoms with Gasteiger partial charge in [-0.25, -0.2) is 0 Å². The first kappa shape index (κ1) is 23.0. The Labute approximate surface area is 192 Å². The van der Waals surface area contributed by atoms with Crippen LogP contribution >= 0.6 is 0 Å². The lowest BCUT2D eigenvalue weighted by Crippen LogP contribution is -2.49. The molecule has 0 saturated carbocycles. The molecule has 0 bridgehead atoms. The average molecular weight is 455 g/mol. The Bertz CT molecular complexity index is 966. The first-order valence-corrected chi connectivity index (χ1v) is 14.1. The van der Waals surface area contributed by atoms with Crippen molar-refractivity contribution < 1.29 is 23.7 Å². The summed E-state index contributed by atoms with van der Waals surface area (Å²) in [5.41, 5.74) is 0.502. The maximum absolute atomic E-state index is 11.8. The van der Waals surface area contributed by atoms with E-state index in [0.29, 0.717) is 24.5 Å². The molecule has 1 N–H and O–H groups in total. The van der Waals surface area contributed by atoms with E-state index in [0.717, 1.165) is 11.1 Å². The largest absolute Gasteiger partial charge is 0.454 e. The quantitative estimate of drug-likeness (QED) is 0.459. The number of fused-ring (bicyclic) bond motifs is 1. The normalized spacial score (nSPS) is 25.2. The average Bonchev–Trinajstić information content (AvgIpc) is 3.22. The fourth-order valence-corrected chi connectivity index (χ4v) is 5.15. The van der Waals surface area contributed by atoms with Crippen molar-refractivity contribution in [3.05, 3.63) is 71.8 Å². The third-order valence-corrected chi connectivity index (χ3v) is 11.4. The fourth-order valence-electron chi connectivity index (χ4n) is 3.87. The summed E-state index contributed by atoms with van der Waals surface area (Å²) in [7, 11) is -1.97. The molecule has 1 unspecified atom stereocenters. The predicted octanol–water partition coefficient (Wildman–Crippen LogP) is 5.54. The lowest BCUT2D eigenvalue weighted by Gasteiger charge is -2.43. The Hall–Kier alpha value is -2.12. The van der Waals surface area contributed by atoms with Crippen LogP contribution in [0.5, 0.6) is 11.5 Å². The second-order valence-corrected chi connectivity index (χ2v) is 14.9. The molecular weight excluding hydrogens is 420 g/mol. The van der Waals surface area contributed by atoms with Gasteiger partial charge in [-0.1, -0.05) is 63.2 Å². The van der Waals surface area contributed by atoms with Gasteiger partial charge in [-0.15, -0.1) is 0 Å². The molecule has 4 rings (SSSR count). The van der Waals surface area contributed by atoms with Crippen molar-refractivity contribution >= 4 is 8.32 Å². The fraction of sp³-hybridized carbons (Fsp3) is 0.462. The number of hydrogen-bond acceptors (Lipinski definition) is 5. The van der Waals surface area contributed by atoms with Crippen LogP contribution in [0.3, 0.4) is 0 Å². The summed E-state index contributed by atoms with van der Waals surface area (Å²) >= 11 is 0. The van der Waals surface area contributed by atoms with Crippen molar-refractivity contribution in [1.82, 2.24) is 0 Å². The van der Waals surface area contributed by atoms with E-state index in [1.165, 1.54) is 0 Å². The molecule has 2 aromatic carbocycles. The van der Waals surface area contributed by atoms with Gasteiger partial charge in [0.2, 0.25) is 6.79 Å². The van der Waals surface area contributed by atoms with Gasteiger partial charge in [0.25, 0.3) is 0 Å². The van der Waals surface area contributed by atoms with Crippen LogP contribution in [-0.2, 0) is 21.4 Å². The zero-order valence-corrected chi connectivity index (χ0v) is 20.6. The number of hydrogen-bond donors (Lipinski definition) is 1. The van der Waals surface area contributed by atoms with Gasteiger partial charge in [0, 0.05) is 6.42 Å². The third kappa shape index (κ3) is 4.64. The van der Waals surface area contributed by atoms with E-state index in [2.05, 4.69) is 33.9 Å². The third-order valence-electron chi connectivity index (χ3n) is 6.88. The van der Waals surface area contributed by atoms with Gasteiger partial charge in [0.1, 0.15) is 5.60 Å². The van der Waals surface area contributed by atoms with Crippen LogP contribution in [0.15, 0.2) is 60.7 Å². The van der Waals surface area contributed by atoms with E-state index in [9.17, 15) is 5.11 Å². The zero-order valence-electron chi connectivity index (χ0n) is 19.6. The number of benzene rings is 2. The van der Waals surface area contributed by atoms with Crippen molar-refractivity contribution in [2.75, 3.05) is 6.79 Å². The van der Waals surface area contributed by atoms with E-state index in [-0.39, 0.29) is 17.9 Å². The molecule has 172 valence electrons. The van der Waals surface area contributed by atoms with Gasteiger partial charge in [-0.3, -0.25) is 0 Å². The Kier molecular flexibility index (Phi) is 6.24. The Morgan fingerprint density at radius 3 is 2.50 bits per heavy atom. The number of ether oxygens (including phenoxy) is 3. The van der Waals surface area contributed by atoms with Crippen LogP contribution in [0.1, 0.15) is 38.3 Å². The molecular formula is C26H34O5Si. The molecule has 3 atom stereocenters. The van der Waals surface area contributed by atoms with Gasteiger partial charge < -0.3 is 23.7 Å². The second-order valence-electron chi connectivity index (χ2n) is 10.2. The van der Waals surface area contributed by atoms with Crippen molar-refractivity contribution in [2.45, 2.75) is 69.7 Å². The molecule has 0 spiro atoms. The van der Waals surface area contributed by atoms with E-state index in [4.69, 9.17) is 18.6 Å². The summed E-state index contributed by atoms with van der Waals surface area (Å²) in [5.74, 6) is 1.34. The molecule has 0 amide bonds. The molecule has 2 aromatic rings. The summed E-state index contributed by atoms with van der Waals surface area (Å²) in [6.45, 7) is 11.8. The van der Waals surface area contributed by atoms with E-state index in [1.807, 2.05) is 60.7 Å². The molecule has 5 nitrogen and oxygen atoms in total. The Balaban J connectivity index is 1.62. The van der Waals surface area contributed by atoms with Crippen LogP contribution in [0.25, 0.3) is 0 Å². The molecule has 1 aliphatic carbocycles. The van der Waals surface area contributed by atoms with Crippen LogP contribution in [0.4, 0.5) is 0 Å². The highest BCUT2D eigenvalue weighted by Gasteiger charge is 2.45. The first-order valence-electron chi connectivity index (χ1n) is 11.2. The lowest BCUT2D eigenvalue weighted by atomic mass is 9.81. The lowest BCUT2D eigenvalue weighted by molar-refractivity contribution is -0.111. The van der Waals surface area contributed by atoms with E-state index >= 15 is 0 Å². The predicted molar refractivity (Wildman–Crippen MR) is 127 cm³/mol. The number of rotatable bonds is 6. The minimum atomic E-state index is -1.97. The second kappa shape index (κ2) is 8.67. The van der Waals surface area contributed by atoms with Crippen molar-refractivity contribution in [3.8, 4) is 11.5 Å². The van der Waals surface area contributed by atoms with Gasteiger partial charge >= 0.3 is 0 Å². The maximum Gasteiger partial charge on any atom is 0.231 e. The Morgan fingerprint density at radius 2 is 1.78 bits per heavy atom. The minimum absolute atomic E-state index is 0.103. The molecule has 2 aliphatic rings. The van der Waals surface area contributed by atoms with Gasteiger partial charge in [-0.2, -0.15) is 0 Å². The van der Waals surface area contributed by atoms with Crippen LogP contribution in [-0.4, -0.2) is 32.4 Å². The summed E-state index contributed by atoms with van der Waals surface area (Å²) in [5, 5.41) is 11.9. The highest BCUT2D eigenvalue weighted by molar-refractivity contribution is 6.74. The maximum atomic E-state index is 11.8. The van der Waals surface area contributed by atoms with Gasteiger partial charge in [-0.05, 0) is 47.5 Å². The van der Waals surface area contributed by atoms with Gasteiger partial charge in [0.05, 0.1) is 18.8 Å². The zero-order chi connectivity index (χ0) is 23.0. The van der Waals surface area contributed by atoms with Gasteiger partial charge in [0.15, 0.2) is 19.8 Å². The van der Waals surface area contributed by atoms with Crippen LogP contribution in [0.2, 0.25) is 18.1 Å². The monoisotopic (exact) mass is 454 g/mol.